The van der Waals surface area contributed by atoms with E-state index in [1.807, 2.05) is 0 Å². The fourth-order valence-electron chi connectivity index (χ4n) is 1.40. The molecule has 2 atom stereocenters. The minimum Gasteiger partial charge on any atom is -0.465 e. The van der Waals surface area contributed by atoms with Gasteiger partial charge in [0.2, 0.25) is 0 Å². The first kappa shape index (κ1) is 14.5. The number of hydrogen-bond donors (Lipinski definition) is 0. The molecule has 1 heterocycles. The maximum atomic E-state index is 11.5. The van der Waals surface area contributed by atoms with Gasteiger partial charge in [-0.1, -0.05) is 13.8 Å². The molecule has 6 heteroatoms. The Morgan fingerprint density at radius 2 is 2.00 bits per heavy atom. The zero-order valence-corrected chi connectivity index (χ0v) is 10.8. The highest BCUT2D eigenvalue weighted by atomic mass is 16.6. The Bertz CT molecular complexity index is 335. The van der Waals surface area contributed by atoms with Gasteiger partial charge in [0, 0.05) is 0 Å². The summed E-state index contributed by atoms with van der Waals surface area (Å²) in [4.78, 5) is 34.3. The molecule has 0 aromatic heterocycles. The summed E-state index contributed by atoms with van der Waals surface area (Å²) in [6.07, 6.45) is -1.55. The first-order valence-corrected chi connectivity index (χ1v) is 5.95. The highest BCUT2D eigenvalue weighted by molar-refractivity contribution is 5.75. The molecule has 18 heavy (non-hydrogen) atoms. The van der Waals surface area contributed by atoms with E-state index in [9.17, 15) is 14.4 Å². The first-order chi connectivity index (χ1) is 8.40. The van der Waals surface area contributed by atoms with Gasteiger partial charge >= 0.3 is 17.9 Å². The third kappa shape index (κ3) is 4.35. The predicted molar refractivity (Wildman–Crippen MR) is 60.5 cm³/mol. The van der Waals surface area contributed by atoms with E-state index in [-0.39, 0.29) is 25.4 Å². The number of esters is 3. The molecule has 1 aliphatic rings. The molecular weight excluding hydrogens is 240 g/mol. The van der Waals surface area contributed by atoms with Crippen molar-refractivity contribution >= 4 is 17.9 Å². The van der Waals surface area contributed by atoms with Gasteiger partial charge in [-0.3, -0.25) is 14.4 Å². The Kier molecular flexibility index (Phi) is 5.12. The molecular formula is C12H18O6. The number of hydrogen-bond acceptors (Lipinski definition) is 6. The summed E-state index contributed by atoms with van der Waals surface area (Å²) in [7, 11) is 0. The Morgan fingerprint density at radius 1 is 1.33 bits per heavy atom. The van der Waals surface area contributed by atoms with E-state index in [4.69, 9.17) is 14.2 Å². The Morgan fingerprint density at radius 3 is 2.61 bits per heavy atom. The van der Waals surface area contributed by atoms with Crippen molar-refractivity contribution < 1.29 is 28.6 Å². The standard InChI is InChI=1S/C12H18O6/c1-7(2)12(15)18-9-6-11(14)16-5-4-10(13)17-8(9)3/h7-9H,4-6H2,1-3H3. The summed E-state index contributed by atoms with van der Waals surface area (Å²) < 4.78 is 15.0. The normalized spacial score (nSPS) is 25.6. The average Bonchev–Trinajstić information content (AvgIpc) is 2.31. The zero-order chi connectivity index (χ0) is 13.7. The van der Waals surface area contributed by atoms with Crippen molar-refractivity contribution in [3.05, 3.63) is 0 Å². The van der Waals surface area contributed by atoms with Gasteiger partial charge in [-0.05, 0) is 6.92 Å². The van der Waals surface area contributed by atoms with Gasteiger partial charge in [0.15, 0.2) is 0 Å². The van der Waals surface area contributed by atoms with Crippen molar-refractivity contribution in [3.8, 4) is 0 Å². The van der Waals surface area contributed by atoms with E-state index < -0.39 is 30.1 Å². The second-order valence-electron chi connectivity index (χ2n) is 4.50. The van der Waals surface area contributed by atoms with Gasteiger partial charge in [-0.25, -0.2) is 0 Å². The number of cyclic esters (lactones) is 2. The lowest BCUT2D eigenvalue weighted by Gasteiger charge is -2.23. The molecule has 1 fully saturated rings. The lowest BCUT2D eigenvalue weighted by Crippen LogP contribution is -2.35. The molecule has 1 rings (SSSR count). The quantitative estimate of drug-likeness (QED) is 0.539. The highest BCUT2D eigenvalue weighted by Crippen LogP contribution is 2.15. The summed E-state index contributed by atoms with van der Waals surface area (Å²) >= 11 is 0. The molecule has 2 unspecified atom stereocenters. The van der Waals surface area contributed by atoms with Crippen LogP contribution in [0.5, 0.6) is 0 Å². The second kappa shape index (κ2) is 6.37. The average molecular weight is 258 g/mol. The minimum atomic E-state index is -0.797. The smallest absolute Gasteiger partial charge is 0.309 e. The Hall–Kier alpha value is -1.59. The molecule has 0 N–H and O–H groups in total. The SMILES string of the molecule is CC(C)C(=O)OC1CC(=O)OCCC(=O)OC1C. The molecule has 0 aliphatic carbocycles. The second-order valence-corrected chi connectivity index (χ2v) is 4.50. The van der Waals surface area contributed by atoms with Gasteiger partial charge in [-0.2, -0.15) is 0 Å². The van der Waals surface area contributed by atoms with Gasteiger partial charge in [0.25, 0.3) is 0 Å². The molecule has 1 aliphatic heterocycles. The first-order valence-electron chi connectivity index (χ1n) is 5.95. The molecule has 0 spiro atoms. The van der Waals surface area contributed by atoms with Crippen LogP contribution in [0, 0.1) is 5.92 Å². The van der Waals surface area contributed by atoms with Crippen molar-refractivity contribution in [2.75, 3.05) is 6.61 Å². The van der Waals surface area contributed by atoms with Gasteiger partial charge in [0.1, 0.15) is 18.8 Å². The molecule has 102 valence electrons. The van der Waals surface area contributed by atoms with Crippen molar-refractivity contribution in [1.29, 1.82) is 0 Å². The molecule has 0 bridgehead atoms. The fourth-order valence-corrected chi connectivity index (χ4v) is 1.40. The Balaban J connectivity index is 2.72. The van der Waals surface area contributed by atoms with E-state index in [2.05, 4.69) is 0 Å². The van der Waals surface area contributed by atoms with Crippen LogP contribution in [0.2, 0.25) is 0 Å². The summed E-state index contributed by atoms with van der Waals surface area (Å²) in [5.41, 5.74) is 0. The minimum absolute atomic E-state index is 0.00473. The molecule has 6 nitrogen and oxygen atoms in total. The van der Waals surface area contributed by atoms with E-state index in [0.717, 1.165) is 0 Å². The van der Waals surface area contributed by atoms with Crippen LogP contribution in [0.3, 0.4) is 0 Å². The van der Waals surface area contributed by atoms with Crippen molar-refractivity contribution in [1.82, 2.24) is 0 Å². The topological polar surface area (TPSA) is 78.9 Å². The molecule has 0 saturated carbocycles. The zero-order valence-electron chi connectivity index (χ0n) is 10.8. The molecule has 0 aromatic carbocycles. The number of carbonyl (C=O) groups excluding carboxylic acids is 3. The highest BCUT2D eigenvalue weighted by Gasteiger charge is 2.30. The van der Waals surface area contributed by atoms with Crippen molar-refractivity contribution in [3.63, 3.8) is 0 Å². The third-order valence-electron chi connectivity index (χ3n) is 2.52. The predicted octanol–water partition coefficient (Wildman–Crippen LogP) is 0.823. The molecule has 1 saturated heterocycles. The lowest BCUT2D eigenvalue weighted by molar-refractivity contribution is -0.170. The summed E-state index contributed by atoms with van der Waals surface area (Å²) in [6, 6.07) is 0. The van der Waals surface area contributed by atoms with Crippen LogP contribution >= 0.6 is 0 Å². The lowest BCUT2D eigenvalue weighted by atomic mass is 10.1. The fraction of sp³-hybridized carbons (Fsp3) is 0.750. The Labute approximate surface area is 106 Å². The number of rotatable bonds is 2. The van der Waals surface area contributed by atoms with Crippen LogP contribution in [0.1, 0.15) is 33.6 Å². The van der Waals surface area contributed by atoms with E-state index in [1.165, 1.54) is 0 Å². The van der Waals surface area contributed by atoms with Gasteiger partial charge < -0.3 is 14.2 Å². The molecule has 0 amide bonds. The van der Waals surface area contributed by atoms with Crippen LogP contribution < -0.4 is 0 Å². The number of ether oxygens (including phenoxy) is 3. The van der Waals surface area contributed by atoms with Crippen LogP contribution in [0.25, 0.3) is 0 Å². The van der Waals surface area contributed by atoms with Crippen LogP contribution in [0.15, 0.2) is 0 Å². The van der Waals surface area contributed by atoms with E-state index >= 15 is 0 Å². The maximum absolute atomic E-state index is 11.5. The monoisotopic (exact) mass is 258 g/mol. The van der Waals surface area contributed by atoms with E-state index in [1.54, 1.807) is 20.8 Å². The summed E-state index contributed by atoms with van der Waals surface area (Å²) in [5, 5.41) is 0. The van der Waals surface area contributed by atoms with Crippen molar-refractivity contribution in [2.24, 2.45) is 5.92 Å². The van der Waals surface area contributed by atoms with Crippen LogP contribution in [-0.4, -0.2) is 36.7 Å². The van der Waals surface area contributed by atoms with Gasteiger partial charge in [-0.15, -0.1) is 0 Å². The van der Waals surface area contributed by atoms with Crippen molar-refractivity contribution in [2.45, 2.75) is 45.8 Å². The van der Waals surface area contributed by atoms with Crippen LogP contribution in [0.4, 0.5) is 0 Å². The molecule has 0 radical (unpaired) electrons. The maximum Gasteiger partial charge on any atom is 0.309 e. The summed E-state index contributed by atoms with van der Waals surface area (Å²) in [5.74, 6) is -1.71. The van der Waals surface area contributed by atoms with Crippen LogP contribution in [-0.2, 0) is 28.6 Å². The number of carbonyl (C=O) groups is 3. The molecule has 0 aromatic rings. The van der Waals surface area contributed by atoms with E-state index in [0.29, 0.717) is 0 Å². The third-order valence-corrected chi connectivity index (χ3v) is 2.52. The van der Waals surface area contributed by atoms with Gasteiger partial charge in [0.05, 0.1) is 18.8 Å². The largest absolute Gasteiger partial charge is 0.465 e. The summed E-state index contributed by atoms with van der Waals surface area (Å²) in [6.45, 7) is 4.96.